The Morgan fingerprint density at radius 3 is 2.41 bits per heavy atom. The average Bonchev–Trinajstić information content (AvgIpc) is 3.52. The Kier molecular flexibility index (Phi) is 5.00. The fourth-order valence-electron chi connectivity index (χ4n) is 5.21. The van der Waals surface area contributed by atoms with Crippen molar-refractivity contribution in [2.45, 2.75) is 37.8 Å². The molecule has 1 saturated carbocycles. The van der Waals surface area contributed by atoms with E-state index in [9.17, 15) is 14.7 Å². The summed E-state index contributed by atoms with van der Waals surface area (Å²) in [6, 6.07) is 14.2. The van der Waals surface area contributed by atoms with Gasteiger partial charge in [0.1, 0.15) is 11.5 Å². The van der Waals surface area contributed by atoms with E-state index in [0.29, 0.717) is 11.3 Å². The standard InChI is InChI=1S/C26H26N2O4/c1-27-15-20(19-9-5-6-10-21(19)27)23-22(24(29)16-11-13-18(32-2)14-12-16)25(30)26(31)28(23)17-7-3-4-8-17/h5-6,9-15,17,23,29H,3-4,7-8H2,1-2H3/b24-22+. The summed E-state index contributed by atoms with van der Waals surface area (Å²) in [7, 11) is 3.53. The summed E-state index contributed by atoms with van der Waals surface area (Å²) in [6.45, 7) is 0. The lowest BCUT2D eigenvalue weighted by Crippen LogP contribution is -2.37. The largest absolute Gasteiger partial charge is 0.507 e. The maximum atomic E-state index is 13.3. The van der Waals surface area contributed by atoms with Gasteiger partial charge in [-0.25, -0.2) is 0 Å². The molecule has 2 aromatic carbocycles. The third kappa shape index (κ3) is 3.09. The molecule has 1 unspecified atom stereocenters. The fourth-order valence-corrected chi connectivity index (χ4v) is 5.21. The molecule has 6 nitrogen and oxygen atoms in total. The van der Waals surface area contributed by atoms with Crippen LogP contribution >= 0.6 is 0 Å². The molecule has 2 heterocycles. The SMILES string of the molecule is COc1ccc(/C(O)=C2\C(=O)C(=O)N(C3CCCC3)C2c2cn(C)c3ccccc23)cc1. The molecule has 5 rings (SSSR count). The second-order valence-electron chi connectivity index (χ2n) is 8.59. The minimum Gasteiger partial charge on any atom is -0.507 e. The number of amides is 1. The number of ketones is 1. The number of Topliss-reactive ketones (excluding diaryl/α,β-unsaturated/α-hetero) is 1. The normalized spacial score (nSPS) is 21.1. The van der Waals surface area contributed by atoms with Gasteiger partial charge in [-0.1, -0.05) is 31.0 Å². The summed E-state index contributed by atoms with van der Waals surface area (Å²) < 4.78 is 7.22. The van der Waals surface area contributed by atoms with Gasteiger partial charge in [-0.15, -0.1) is 0 Å². The molecular formula is C26H26N2O4. The van der Waals surface area contributed by atoms with Crippen LogP contribution in [-0.4, -0.2) is 39.4 Å². The molecule has 164 valence electrons. The minimum atomic E-state index is -0.622. The first-order valence-corrected chi connectivity index (χ1v) is 11.0. The van der Waals surface area contributed by atoms with Crippen LogP contribution in [0.3, 0.4) is 0 Å². The molecule has 1 N–H and O–H groups in total. The van der Waals surface area contributed by atoms with E-state index >= 15 is 0 Å². The Balaban J connectivity index is 1.73. The number of nitrogens with zero attached hydrogens (tertiary/aromatic N) is 2. The van der Waals surface area contributed by atoms with Gasteiger partial charge in [0.2, 0.25) is 0 Å². The van der Waals surface area contributed by atoms with Crippen LogP contribution < -0.4 is 4.74 Å². The predicted octanol–water partition coefficient (Wildman–Crippen LogP) is 4.55. The molecule has 1 atom stereocenters. The highest BCUT2D eigenvalue weighted by molar-refractivity contribution is 6.46. The lowest BCUT2D eigenvalue weighted by atomic mass is 9.94. The van der Waals surface area contributed by atoms with Crippen molar-refractivity contribution in [1.82, 2.24) is 9.47 Å². The zero-order chi connectivity index (χ0) is 22.4. The number of carbonyl (C=O) groups excluding carboxylic acids is 2. The summed E-state index contributed by atoms with van der Waals surface area (Å²) in [5.41, 5.74) is 2.53. The third-order valence-electron chi connectivity index (χ3n) is 6.78. The molecule has 1 aromatic heterocycles. The first-order valence-electron chi connectivity index (χ1n) is 11.0. The van der Waals surface area contributed by atoms with Crippen LogP contribution in [-0.2, 0) is 16.6 Å². The number of likely N-dealkylation sites (tertiary alicyclic amines) is 1. The molecular weight excluding hydrogens is 404 g/mol. The number of aryl methyl sites for hydroxylation is 1. The van der Waals surface area contributed by atoms with Crippen molar-refractivity contribution in [3.05, 3.63) is 71.4 Å². The predicted molar refractivity (Wildman–Crippen MR) is 122 cm³/mol. The number of rotatable bonds is 4. The summed E-state index contributed by atoms with van der Waals surface area (Å²) in [5.74, 6) is -0.643. The lowest BCUT2D eigenvalue weighted by Gasteiger charge is -2.30. The second-order valence-corrected chi connectivity index (χ2v) is 8.59. The molecule has 6 heteroatoms. The molecule has 2 aliphatic rings. The number of aliphatic hydroxyl groups excluding tert-OH is 1. The number of aromatic nitrogens is 1. The molecule has 1 saturated heterocycles. The third-order valence-corrected chi connectivity index (χ3v) is 6.78. The molecule has 1 aliphatic heterocycles. The van der Waals surface area contributed by atoms with E-state index in [1.807, 2.05) is 42.1 Å². The van der Waals surface area contributed by atoms with Gasteiger partial charge < -0.3 is 19.3 Å². The van der Waals surface area contributed by atoms with Gasteiger partial charge in [-0.3, -0.25) is 9.59 Å². The van der Waals surface area contributed by atoms with Crippen LogP contribution in [0.15, 0.2) is 60.3 Å². The van der Waals surface area contributed by atoms with Crippen LogP contribution in [0, 0.1) is 0 Å². The smallest absolute Gasteiger partial charge is 0.295 e. The van der Waals surface area contributed by atoms with Gasteiger partial charge in [0, 0.05) is 41.3 Å². The molecule has 0 spiro atoms. The van der Waals surface area contributed by atoms with Crippen molar-refractivity contribution in [3.63, 3.8) is 0 Å². The maximum absolute atomic E-state index is 13.3. The summed E-state index contributed by atoms with van der Waals surface area (Å²) >= 11 is 0. The van der Waals surface area contributed by atoms with E-state index in [4.69, 9.17) is 4.74 Å². The Hall–Kier alpha value is -3.54. The lowest BCUT2D eigenvalue weighted by molar-refractivity contribution is -0.141. The highest BCUT2D eigenvalue weighted by Crippen LogP contribution is 2.45. The van der Waals surface area contributed by atoms with Crippen molar-refractivity contribution in [3.8, 4) is 5.75 Å². The number of benzene rings is 2. The minimum absolute atomic E-state index is 0.00316. The zero-order valence-electron chi connectivity index (χ0n) is 18.2. The van der Waals surface area contributed by atoms with Gasteiger partial charge in [0.15, 0.2) is 0 Å². The van der Waals surface area contributed by atoms with Gasteiger partial charge in [0.25, 0.3) is 11.7 Å². The van der Waals surface area contributed by atoms with Crippen LogP contribution in [0.2, 0.25) is 0 Å². The average molecular weight is 431 g/mol. The van der Waals surface area contributed by atoms with Crippen molar-refractivity contribution in [2.24, 2.45) is 7.05 Å². The van der Waals surface area contributed by atoms with Crippen molar-refractivity contribution in [2.75, 3.05) is 7.11 Å². The van der Waals surface area contributed by atoms with Gasteiger partial charge in [-0.2, -0.15) is 0 Å². The highest BCUT2D eigenvalue weighted by atomic mass is 16.5. The van der Waals surface area contributed by atoms with E-state index in [1.165, 1.54) is 0 Å². The Morgan fingerprint density at radius 2 is 1.72 bits per heavy atom. The van der Waals surface area contributed by atoms with Crippen molar-refractivity contribution in [1.29, 1.82) is 0 Å². The molecule has 2 fully saturated rings. The van der Waals surface area contributed by atoms with Gasteiger partial charge in [0.05, 0.1) is 18.7 Å². The number of hydrogen-bond acceptors (Lipinski definition) is 4. The molecule has 0 bridgehead atoms. The number of ether oxygens (including phenoxy) is 1. The Morgan fingerprint density at radius 1 is 1.03 bits per heavy atom. The molecule has 1 amide bonds. The summed E-state index contributed by atoms with van der Waals surface area (Å²) in [6.07, 6.45) is 5.79. The van der Waals surface area contributed by atoms with Crippen LogP contribution in [0.5, 0.6) is 5.75 Å². The number of fused-ring (bicyclic) bond motifs is 1. The van der Waals surface area contributed by atoms with E-state index in [0.717, 1.165) is 42.1 Å². The molecule has 32 heavy (non-hydrogen) atoms. The van der Waals surface area contributed by atoms with Gasteiger partial charge in [-0.05, 0) is 43.2 Å². The van der Waals surface area contributed by atoms with Crippen LogP contribution in [0.25, 0.3) is 16.7 Å². The number of hydrogen-bond donors (Lipinski definition) is 1. The number of carbonyl (C=O) groups is 2. The Labute approximate surface area is 186 Å². The number of para-hydroxylation sites is 1. The first-order chi connectivity index (χ1) is 15.5. The topological polar surface area (TPSA) is 71.8 Å². The maximum Gasteiger partial charge on any atom is 0.295 e. The summed E-state index contributed by atoms with van der Waals surface area (Å²) in [4.78, 5) is 28.3. The first kappa shape index (κ1) is 20.4. The molecule has 0 radical (unpaired) electrons. The van der Waals surface area contributed by atoms with E-state index in [1.54, 1.807) is 36.3 Å². The number of methoxy groups -OCH3 is 1. The van der Waals surface area contributed by atoms with E-state index in [-0.39, 0.29) is 17.4 Å². The zero-order valence-corrected chi connectivity index (χ0v) is 18.2. The van der Waals surface area contributed by atoms with Gasteiger partial charge >= 0.3 is 0 Å². The van der Waals surface area contributed by atoms with Crippen LogP contribution in [0.4, 0.5) is 0 Å². The highest BCUT2D eigenvalue weighted by Gasteiger charge is 2.49. The van der Waals surface area contributed by atoms with Crippen molar-refractivity contribution < 1.29 is 19.4 Å². The number of aliphatic hydroxyl groups is 1. The summed E-state index contributed by atoms with van der Waals surface area (Å²) in [5, 5.41) is 12.3. The van der Waals surface area contributed by atoms with E-state index in [2.05, 4.69) is 0 Å². The fraction of sp³-hybridized carbons (Fsp3) is 0.308. The monoisotopic (exact) mass is 430 g/mol. The van der Waals surface area contributed by atoms with Crippen LogP contribution in [0.1, 0.15) is 42.9 Å². The second kappa shape index (κ2) is 7.86. The van der Waals surface area contributed by atoms with Crippen molar-refractivity contribution >= 4 is 28.4 Å². The molecule has 3 aromatic rings. The van der Waals surface area contributed by atoms with E-state index < -0.39 is 17.7 Å². The Bertz CT molecular complexity index is 1230. The molecule has 1 aliphatic carbocycles. The quantitative estimate of drug-likeness (QED) is 0.374.